The second-order valence-electron chi connectivity index (χ2n) is 4.34. The van der Waals surface area contributed by atoms with Gasteiger partial charge in [0.05, 0.1) is 11.4 Å². The van der Waals surface area contributed by atoms with Crippen LogP contribution in [0.3, 0.4) is 0 Å². The fourth-order valence-corrected chi connectivity index (χ4v) is 2.61. The van der Waals surface area contributed by atoms with Gasteiger partial charge in [-0.05, 0) is 42.5 Å². The highest BCUT2D eigenvalue weighted by Crippen LogP contribution is 2.10. The van der Waals surface area contributed by atoms with Crippen LogP contribution in [0.15, 0.2) is 53.4 Å². The number of carbonyl (C=O) groups is 1. The van der Waals surface area contributed by atoms with Gasteiger partial charge in [-0.2, -0.15) is 0 Å². The number of hydrogen-bond acceptors (Lipinski definition) is 3. The molecule has 116 valence electrons. The summed E-state index contributed by atoms with van der Waals surface area (Å²) >= 11 is 0. The van der Waals surface area contributed by atoms with Crippen LogP contribution in [0.2, 0.25) is 0 Å². The molecule has 0 saturated carbocycles. The smallest absolute Gasteiger partial charge is 0.241 e. The molecular formula is C14H12F2N2O3S. The summed E-state index contributed by atoms with van der Waals surface area (Å²) in [5, 5.41) is 2.35. The fourth-order valence-electron chi connectivity index (χ4n) is 1.63. The Morgan fingerprint density at radius 3 is 2.32 bits per heavy atom. The van der Waals surface area contributed by atoms with E-state index in [-0.39, 0.29) is 10.6 Å². The molecule has 0 spiro atoms. The molecule has 0 heterocycles. The van der Waals surface area contributed by atoms with Crippen molar-refractivity contribution in [3.05, 3.63) is 60.2 Å². The third-order valence-electron chi connectivity index (χ3n) is 2.66. The highest BCUT2D eigenvalue weighted by atomic mass is 32.2. The summed E-state index contributed by atoms with van der Waals surface area (Å²) in [6.07, 6.45) is 0. The Bertz CT molecular complexity index is 777. The van der Waals surface area contributed by atoms with Crippen molar-refractivity contribution in [2.24, 2.45) is 0 Å². The van der Waals surface area contributed by atoms with E-state index in [0.29, 0.717) is 0 Å². The fraction of sp³-hybridized carbons (Fsp3) is 0.0714. The van der Waals surface area contributed by atoms with E-state index < -0.39 is 34.1 Å². The molecule has 2 rings (SSSR count). The first kappa shape index (κ1) is 16.1. The molecule has 0 fully saturated rings. The molecule has 0 aliphatic carbocycles. The van der Waals surface area contributed by atoms with Crippen LogP contribution in [0.5, 0.6) is 0 Å². The lowest BCUT2D eigenvalue weighted by atomic mass is 10.3. The lowest BCUT2D eigenvalue weighted by Gasteiger charge is -2.08. The van der Waals surface area contributed by atoms with Gasteiger partial charge in [0.1, 0.15) is 11.6 Å². The summed E-state index contributed by atoms with van der Waals surface area (Å²) < 4.78 is 51.5. The zero-order chi connectivity index (χ0) is 16.2. The summed E-state index contributed by atoms with van der Waals surface area (Å²) in [5.41, 5.74) is 0.214. The zero-order valence-electron chi connectivity index (χ0n) is 11.2. The topological polar surface area (TPSA) is 75.3 Å². The summed E-state index contributed by atoms with van der Waals surface area (Å²) in [6.45, 7) is -0.532. The quantitative estimate of drug-likeness (QED) is 0.881. The Morgan fingerprint density at radius 2 is 1.68 bits per heavy atom. The number of anilines is 1. The van der Waals surface area contributed by atoms with Crippen LogP contribution in [-0.4, -0.2) is 20.9 Å². The second-order valence-corrected chi connectivity index (χ2v) is 6.10. The molecule has 0 aromatic heterocycles. The largest absolute Gasteiger partial charge is 0.325 e. The van der Waals surface area contributed by atoms with Crippen LogP contribution in [-0.2, 0) is 14.8 Å². The third-order valence-corrected chi connectivity index (χ3v) is 4.07. The molecule has 2 N–H and O–H groups in total. The lowest BCUT2D eigenvalue weighted by Crippen LogP contribution is -2.32. The summed E-state index contributed by atoms with van der Waals surface area (Å²) in [7, 11) is -3.92. The Balaban J connectivity index is 1.97. The lowest BCUT2D eigenvalue weighted by molar-refractivity contribution is -0.115. The Kier molecular flexibility index (Phi) is 4.84. The Morgan fingerprint density at radius 1 is 1.00 bits per heavy atom. The van der Waals surface area contributed by atoms with Gasteiger partial charge in [0.25, 0.3) is 0 Å². The first-order valence-corrected chi connectivity index (χ1v) is 7.66. The van der Waals surface area contributed by atoms with Crippen LogP contribution in [0.4, 0.5) is 14.5 Å². The van der Waals surface area contributed by atoms with Crippen molar-refractivity contribution in [1.29, 1.82) is 0 Å². The predicted octanol–water partition coefficient (Wildman–Crippen LogP) is 1.88. The average Bonchev–Trinajstić information content (AvgIpc) is 2.46. The summed E-state index contributed by atoms with van der Waals surface area (Å²) in [4.78, 5) is 11.5. The molecule has 2 aromatic carbocycles. The predicted molar refractivity (Wildman–Crippen MR) is 76.6 cm³/mol. The monoisotopic (exact) mass is 326 g/mol. The number of halogens is 2. The van der Waals surface area contributed by atoms with Gasteiger partial charge in [-0.3, -0.25) is 4.79 Å². The van der Waals surface area contributed by atoms with E-state index in [0.717, 1.165) is 30.3 Å². The van der Waals surface area contributed by atoms with Gasteiger partial charge >= 0.3 is 0 Å². The maximum absolute atomic E-state index is 13.0. The van der Waals surface area contributed by atoms with Crippen LogP contribution in [0, 0.1) is 11.6 Å². The normalized spacial score (nSPS) is 11.2. The molecule has 0 saturated heterocycles. The van der Waals surface area contributed by atoms with Crippen LogP contribution in [0.25, 0.3) is 0 Å². The highest BCUT2D eigenvalue weighted by Gasteiger charge is 2.15. The van der Waals surface area contributed by atoms with E-state index in [1.807, 2.05) is 0 Å². The molecule has 0 radical (unpaired) electrons. The minimum atomic E-state index is -3.92. The van der Waals surface area contributed by atoms with Gasteiger partial charge in [-0.25, -0.2) is 21.9 Å². The molecule has 0 unspecified atom stereocenters. The van der Waals surface area contributed by atoms with Crippen LogP contribution >= 0.6 is 0 Å². The van der Waals surface area contributed by atoms with Gasteiger partial charge < -0.3 is 5.32 Å². The summed E-state index contributed by atoms with van der Waals surface area (Å²) in [6, 6.07) is 9.37. The molecule has 8 heteroatoms. The van der Waals surface area contributed by atoms with Gasteiger partial charge in [0.2, 0.25) is 15.9 Å². The molecule has 0 aliphatic rings. The molecule has 2 aromatic rings. The Hall–Kier alpha value is -2.32. The molecule has 0 aliphatic heterocycles. The number of nitrogens with one attached hydrogen (secondary N) is 2. The Labute approximate surface area is 126 Å². The highest BCUT2D eigenvalue weighted by molar-refractivity contribution is 7.89. The van der Waals surface area contributed by atoms with E-state index in [9.17, 15) is 22.0 Å². The van der Waals surface area contributed by atoms with Gasteiger partial charge in [0.15, 0.2) is 0 Å². The first-order valence-electron chi connectivity index (χ1n) is 6.17. The van der Waals surface area contributed by atoms with Gasteiger partial charge in [0, 0.05) is 5.69 Å². The van der Waals surface area contributed by atoms with E-state index in [1.54, 1.807) is 0 Å². The zero-order valence-corrected chi connectivity index (χ0v) is 12.0. The molecule has 1 amide bonds. The van der Waals surface area contributed by atoms with Crippen molar-refractivity contribution >= 4 is 21.6 Å². The van der Waals surface area contributed by atoms with Crippen molar-refractivity contribution in [2.45, 2.75) is 4.90 Å². The molecule has 0 atom stereocenters. The van der Waals surface area contributed by atoms with Crippen molar-refractivity contribution in [2.75, 3.05) is 11.9 Å². The van der Waals surface area contributed by atoms with Crippen LogP contribution < -0.4 is 10.0 Å². The number of amides is 1. The van der Waals surface area contributed by atoms with E-state index >= 15 is 0 Å². The van der Waals surface area contributed by atoms with E-state index in [1.165, 1.54) is 18.2 Å². The SMILES string of the molecule is O=C(CNS(=O)(=O)c1ccc(F)cc1)Nc1cccc(F)c1. The van der Waals surface area contributed by atoms with Crippen LogP contribution in [0.1, 0.15) is 0 Å². The molecule has 0 bridgehead atoms. The second kappa shape index (κ2) is 6.63. The van der Waals surface area contributed by atoms with E-state index in [4.69, 9.17) is 0 Å². The average molecular weight is 326 g/mol. The van der Waals surface area contributed by atoms with Gasteiger partial charge in [-0.15, -0.1) is 0 Å². The van der Waals surface area contributed by atoms with Crippen molar-refractivity contribution in [1.82, 2.24) is 4.72 Å². The maximum atomic E-state index is 13.0. The molecule has 5 nitrogen and oxygen atoms in total. The first-order chi connectivity index (χ1) is 10.4. The number of carbonyl (C=O) groups excluding carboxylic acids is 1. The number of sulfonamides is 1. The minimum Gasteiger partial charge on any atom is -0.325 e. The standard InChI is InChI=1S/C14H12F2N2O3S/c15-10-4-6-13(7-5-10)22(20,21)17-9-14(19)18-12-3-1-2-11(16)8-12/h1-8,17H,9H2,(H,18,19). The van der Waals surface area contributed by atoms with Crippen molar-refractivity contribution in [3.8, 4) is 0 Å². The van der Waals surface area contributed by atoms with Crippen molar-refractivity contribution < 1.29 is 22.0 Å². The molecule has 22 heavy (non-hydrogen) atoms. The summed E-state index contributed by atoms with van der Waals surface area (Å²) in [5.74, 6) is -1.75. The number of benzene rings is 2. The van der Waals surface area contributed by atoms with Crippen molar-refractivity contribution in [3.63, 3.8) is 0 Å². The van der Waals surface area contributed by atoms with Gasteiger partial charge in [-0.1, -0.05) is 6.07 Å². The third kappa shape index (κ3) is 4.34. The minimum absolute atomic E-state index is 0.160. The molecular weight excluding hydrogens is 314 g/mol. The number of hydrogen-bond donors (Lipinski definition) is 2. The maximum Gasteiger partial charge on any atom is 0.241 e. The number of rotatable bonds is 5. The van der Waals surface area contributed by atoms with E-state index in [2.05, 4.69) is 10.0 Å².